The number of ether oxygens (including phenoxy) is 1. The highest BCUT2D eigenvalue weighted by atomic mass is 35.5. The smallest absolute Gasteiger partial charge is 0.298 e. The average molecular weight is 563 g/mol. The molecule has 0 atom stereocenters. The van der Waals surface area contributed by atoms with Crippen LogP contribution in [0, 0.1) is 20.8 Å². The summed E-state index contributed by atoms with van der Waals surface area (Å²) >= 11 is 6.42. The molecule has 0 aliphatic carbocycles. The summed E-state index contributed by atoms with van der Waals surface area (Å²) in [6.45, 7) is 16.8. The lowest BCUT2D eigenvalue weighted by Crippen LogP contribution is -2.61. The van der Waals surface area contributed by atoms with Crippen molar-refractivity contribution in [2.75, 3.05) is 36.0 Å². The molecule has 10 heteroatoms. The summed E-state index contributed by atoms with van der Waals surface area (Å²) in [5.41, 5.74) is 3.82. The number of fused-ring (bicyclic) bond motifs is 1. The topological polar surface area (TPSA) is 91.8 Å². The minimum Gasteiger partial charge on any atom is -0.427 e. The summed E-state index contributed by atoms with van der Waals surface area (Å²) in [5.74, 6) is 1.89. The van der Waals surface area contributed by atoms with Gasteiger partial charge >= 0.3 is 0 Å². The third-order valence-corrected chi connectivity index (χ3v) is 8.25. The van der Waals surface area contributed by atoms with E-state index in [1.807, 2.05) is 63.8 Å². The molecular weight excluding hydrogens is 528 g/mol. The Balaban J connectivity index is 1.39. The third kappa shape index (κ3) is 4.87. The largest absolute Gasteiger partial charge is 0.427 e. The van der Waals surface area contributed by atoms with Gasteiger partial charge in [-0.3, -0.25) is 9.59 Å². The van der Waals surface area contributed by atoms with Gasteiger partial charge in [0, 0.05) is 42.3 Å². The second-order valence-corrected chi connectivity index (χ2v) is 12.4. The molecule has 3 aromatic rings. The lowest BCUT2D eigenvalue weighted by molar-refractivity contribution is -0.120. The highest BCUT2D eigenvalue weighted by molar-refractivity contribution is 6.31. The molecule has 0 bridgehead atoms. The average Bonchev–Trinajstić information content (AvgIpc) is 3.16. The number of hydrogen-bond acceptors (Lipinski definition) is 8. The zero-order valence-corrected chi connectivity index (χ0v) is 24.8. The van der Waals surface area contributed by atoms with Crippen LogP contribution < -0.4 is 14.5 Å². The minimum atomic E-state index is -0.488. The first-order valence-corrected chi connectivity index (χ1v) is 13.8. The van der Waals surface area contributed by atoms with Crippen molar-refractivity contribution in [1.29, 1.82) is 0 Å². The van der Waals surface area contributed by atoms with Gasteiger partial charge in [-0.2, -0.15) is 0 Å². The highest BCUT2D eigenvalue weighted by Gasteiger charge is 2.42. The molecule has 1 amide bonds. The standard InChI is InChI=1S/C30H35ClN6O3/c1-18-8-9-21(13-22(18)31)36-15-29(4,5)26-27(36)32-14-23(34-26)28(39)37-11-10-35(16-30(37,6)7)24-12-19(2)25(40-17-38)20(3)33-24/h8-9,12-14,17H,10-11,15-16H2,1-7H3. The predicted molar refractivity (Wildman–Crippen MR) is 156 cm³/mol. The van der Waals surface area contributed by atoms with Gasteiger partial charge in [-0.1, -0.05) is 31.5 Å². The molecule has 0 unspecified atom stereocenters. The van der Waals surface area contributed by atoms with E-state index in [-0.39, 0.29) is 11.3 Å². The highest BCUT2D eigenvalue weighted by Crippen LogP contribution is 2.43. The van der Waals surface area contributed by atoms with Crippen LogP contribution in [0.25, 0.3) is 0 Å². The Bertz CT molecular complexity index is 1480. The van der Waals surface area contributed by atoms with Crippen molar-refractivity contribution in [1.82, 2.24) is 19.9 Å². The molecule has 0 N–H and O–H groups in total. The van der Waals surface area contributed by atoms with Crippen LogP contribution in [0.3, 0.4) is 0 Å². The molecule has 4 heterocycles. The van der Waals surface area contributed by atoms with Gasteiger partial charge in [0.2, 0.25) is 0 Å². The number of pyridine rings is 1. The van der Waals surface area contributed by atoms with Gasteiger partial charge in [-0.15, -0.1) is 0 Å². The van der Waals surface area contributed by atoms with Crippen molar-refractivity contribution < 1.29 is 14.3 Å². The van der Waals surface area contributed by atoms with Crippen molar-refractivity contribution in [2.45, 2.75) is 59.4 Å². The Morgan fingerprint density at radius 3 is 2.42 bits per heavy atom. The molecule has 5 rings (SSSR count). The molecule has 210 valence electrons. The van der Waals surface area contributed by atoms with Gasteiger partial charge in [0.25, 0.3) is 12.4 Å². The molecule has 2 aliphatic heterocycles. The first-order valence-electron chi connectivity index (χ1n) is 13.4. The van der Waals surface area contributed by atoms with Gasteiger partial charge in [-0.25, -0.2) is 15.0 Å². The van der Waals surface area contributed by atoms with Crippen LogP contribution in [0.15, 0.2) is 30.5 Å². The maximum absolute atomic E-state index is 13.8. The number of benzene rings is 1. The second-order valence-electron chi connectivity index (χ2n) is 11.9. The van der Waals surface area contributed by atoms with Crippen LogP contribution >= 0.6 is 11.6 Å². The molecule has 1 aromatic carbocycles. The van der Waals surface area contributed by atoms with Crippen LogP contribution in [0.5, 0.6) is 5.75 Å². The van der Waals surface area contributed by atoms with Gasteiger partial charge in [-0.05, 0) is 63.9 Å². The number of aromatic nitrogens is 3. The normalized spacial score (nSPS) is 17.6. The van der Waals surface area contributed by atoms with E-state index in [9.17, 15) is 9.59 Å². The quantitative estimate of drug-likeness (QED) is 0.394. The summed E-state index contributed by atoms with van der Waals surface area (Å²) in [4.78, 5) is 45.2. The van der Waals surface area contributed by atoms with Crippen molar-refractivity contribution in [3.05, 3.63) is 63.7 Å². The molecule has 0 saturated carbocycles. The van der Waals surface area contributed by atoms with Gasteiger partial charge < -0.3 is 19.4 Å². The van der Waals surface area contributed by atoms with Gasteiger partial charge in [0.05, 0.1) is 23.1 Å². The van der Waals surface area contributed by atoms with E-state index in [1.54, 1.807) is 6.20 Å². The van der Waals surface area contributed by atoms with Crippen LogP contribution in [0.1, 0.15) is 60.7 Å². The molecule has 0 radical (unpaired) electrons. The molecule has 9 nitrogen and oxygen atoms in total. The Morgan fingerprint density at radius 1 is 1.02 bits per heavy atom. The lowest BCUT2D eigenvalue weighted by atomic mass is 9.92. The Labute approximate surface area is 240 Å². The molecule has 2 aliphatic rings. The lowest BCUT2D eigenvalue weighted by Gasteiger charge is -2.47. The van der Waals surface area contributed by atoms with Crippen molar-refractivity contribution in [3.63, 3.8) is 0 Å². The molecule has 1 saturated heterocycles. The van der Waals surface area contributed by atoms with E-state index in [2.05, 4.69) is 28.6 Å². The van der Waals surface area contributed by atoms with Crippen molar-refractivity contribution >= 4 is 41.3 Å². The van der Waals surface area contributed by atoms with Gasteiger partial charge in [0.15, 0.2) is 11.6 Å². The van der Waals surface area contributed by atoms with Crippen molar-refractivity contribution in [3.8, 4) is 5.75 Å². The minimum absolute atomic E-state index is 0.136. The summed E-state index contributed by atoms with van der Waals surface area (Å²) in [6, 6.07) is 7.91. The second kappa shape index (κ2) is 10.0. The summed E-state index contributed by atoms with van der Waals surface area (Å²) in [6.07, 6.45) is 1.59. The zero-order valence-electron chi connectivity index (χ0n) is 24.1. The molecule has 0 spiro atoms. The maximum Gasteiger partial charge on any atom is 0.298 e. The van der Waals surface area contributed by atoms with Crippen molar-refractivity contribution in [2.24, 2.45) is 0 Å². The number of anilines is 3. The van der Waals surface area contributed by atoms with E-state index >= 15 is 0 Å². The zero-order chi connectivity index (χ0) is 29.0. The molecule has 2 aromatic heterocycles. The number of aryl methyl sites for hydroxylation is 3. The SMILES string of the molecule is Cc1ccc(N2CC(C)(C)c3nc(C(=O)N4CCN(c5cc(C)c(OC=O)c(C)n5)CC4(C)C)cnc32)cc1Cl. The summed E-state index contributed by atoms with van der Waals surface area (Å²) in [7, 11) is 0. The number of halogens is 1. The van der Waals surface area contributed by atoms with E-state index in [4.69, 9.17) is 26.3 Å². The molecular formula is C30H35ClN6O3. The predicted octanol–water partition coefficient (Wildman–Crippen LogP) is 5.16. The van der Waals surface area contributed by atoms with Gasteiger partial charge in [0.1, 0.15) is 11.5 Å². The fourth-order valence-corrected chi connectivity index (χ4v) is 5.87. The number of amides is 1. The number of hydrogen-bond donors (Lipinski definition) is 0. The Hall–Kier alpha value is -3.72. The van der Waals surface area contributed by atoms with E-state index < -0.39 is 5.54 Å². The van der Waals surface area contributed by atoms with Crippen LogP contribution in [0.4, 0.5) is 17.3 Å². The summed E-state index contributed by atoms with van der Waals surface area (Å²) in [5, 5.41) is 0.704. The maximum atomic E-state index is 13.8. The number of rotatable bonds is 5. The number of nitrogens with zero attached hydrogens (tertiary/aromatic N) is 6. The first kappa shape index (κ1) is 27.8. The fourth-order valence-electron chi connectivity index (χ4n) is 5.70. The summed E-state index contributed by atoms with van der Waals surface area (Å²) < 4.78 is 5.10. The van der Waals surface area contributed by atoms with Crippen LogP contribution in [-0.4, -0.2) is 63.9 Å². The number of carbonyl (C=O) groups excluding carboxylic acids is 2. The third-order valence-electron chi connectivity index (χ3n) is 7.84. The van der Waals surface area contributed by atoms with E-state index in [1.165, 1.54) is 0 Å². The first-order chi connectivity index (χ1) is 18.8. The molecule has 1 fully saturated rings. The number of carbonyl (C=O) groups is 2. The van der Waals surface area contributed by atoms with E-state index in [0.717, 1.165) is 34.1 Å². The Kier molecular flexibility index (Phi) is 6.98. The molecule has 40 heavy (non-hydrogen) atoms. The van der Waals surface area contributed by atoms with E-state index in [0.29, 0.717) is 54.8 Å². The number of piperazine rings is 1. The van der Waals surface area contributed by atoms with Crippen LogP contribution in [-0.2, 0) is 10.2 Å². The Morgan fingerprint density at radius 2 is 1.77 bits per heavy atom. The van der Waals surface area contributed by atoms with Crippen LogP contribution in [0.2, 0.25) is 5.02 Å². The fraction of sp³-hybridized carbons (Fsp3) is 0.433. The monoisotopic (exact) mass is 562 g/mol.